The van der Waals surface area contributed by atoms with Crippen LogP contribution in [0.2, 0.25) is 0 Å². The maximum atomic E-state index is 13.2. The van der Waals surface area contributed by atoms with Gasteiger partial charge in [-0.25, -0.2) is 8.42 Å². The molecule has 150 valence electrons. The van der Waals surface area contributed by atoms with E-state index in [0.29, 0.717) is 13.1 Å². The number of halogens is 3. The molecule has 2 aliphatic rings. The van der Waals surface area contributed by atoms with Crippen LogP contribution in [0.3, 0.4) is 0 Å². The van der Waals surface area contributed by atoms with Crippen LogP contribution in [0.15, 0.2) is 47.5 Å². The third-order valence-corrected chi connectivity index (χ3v) is 6.92. The standard InChI is InChI=1S/C18H18F3N3O3S/c19-18(20,21)27-14-3-5-15(6-4-14)28(25,26)24-10-12-2-1-7-23-17(12)16-9-22-8-13(16)11-24/h1-7,13,16,22H,8-11H2/t13?,16-/m1/s1. The first-order valence-corrected chi connectivity index (χ1v) is 10.2. The molecule has 2 atom stereocenters. The molecular weight excluding hydrogens is 395 g/mol. The van der Waals surface area contributed by atoms with Crippen molar-refractivity contribution in [2.24, 2.45) is 5.92 Å². The van der Waals surface area contributed by atoms with Gasteiger partial charge in [0.05, 0.1) is 4.90 Å². The Balaban J connectivity index is 1.64. The van der Waals surface area contributed by atoms with Crippen LogP contribution in [0.1, 0.15) is 17.2 Å². The van der Waals surface area contributed by atoms with Crippen LogP contribution in [-0.4, -0.2) is 43.7 Å². The highest BCUT2D eigenvalue weighted by Crippen LogP contribution is 2.35. The lowest BCUT2D eigenvalue weighted by molar-refractivity contribution is -0.274. The highest BCUT2D eigenvalue weighted by atomic mass is 32.2. The number of rotatable bonds is 3. The zero-order chi connectivity index (χ0) is 19.9. The summed E-state index contributed by atoms with van der Waals surface area (Å²) in [5.74, 6) is -0.241. The van der Waals surface area contributed by atoms with Crippen molar-refractivity contribution in [1.82, 2.24) is 14.6 Å². The second-order valence-corrected chi connectivity index (χ2v) is 8.83. The van der Waals surface area contributed by atoms with E-state index >= 15 is 0 Å². The number of pyridine rings is 1. The lowest BCUT2D eigenvalue weighted by Crippen LogP contribution is -2.35. The zero-order valence-electron chi connectivity index (χ0n) is 14.7. The largest absolute Gasteiger partial charge is 0.573 e. The number of ether oxygens (including phenoxy) is 1. The molecule has 0 bridgehead atoms. The Labute approximate surface area is 160 Å². The molecule has 0 spiro atoms. The molecule has 4 rings (SSSR count). The minimum Gasteiger partial charge on any atom is -0.406 e. The number of aromatic nitrogens is 1. The number of alkyl halides is 3. The Morgan fingerprint density at radius 3 is 2.61 bits per heavy atom. The van der Waals surface area contributed by atoms with E-state index in [-0.39, 0.29) is 23.3 Å². The van der Waals surface area contributed by atoms with E-state index in [1.54, 1.807) is 12.3 Å². The summed E-state index contributed by atoms with van der Waals surface area (Å²) >= 11 is 0. The molecule has 2 aromatic rings. The fourth-order valence-corrected chi connectivity index (χ4v) is 5.30. The molecule has 1 saturated heterocycles. The molecule has 0 amide bonds. The van der Waals surface area contributed by atoms with Gasteiger partial charge in [-0.3, -0.25) is 4.98 Å². The predicted octanol–water partition coefficient (Wildman–Crippen LogP) is 2.49. The van der Waals surface area contributed by atoms with Crippen molar-refractivity contribution in [1.29, 1.82) is 0 Å². The normalized spacial score (nSPS) is 23.0. The Morgan fingerprint density at radius 2 is 1.89 bits per heavy atom. The summed E-state index contributed by atoms with van der Waals surface area (Å²) in [6, 6.07) is 7.92. The highest BCUT2D eigenvalue weighted by Gasteiger charge is 2.39. The van der Waals surface area contributed by atoms with Crippen molar-refractivity contribution in [2.75, 3.05) is 19.6 Å². The summed E-state index contributed by atoms with van der Waals surface area (Å²) in [5.41, 5.74) is 1.75. The maximum absolute atomic E-state index is 13.2. The molecule has 1 N–H and O–H groups in total. The van der Waals surface area contributed by atoms with Gasteiger partial charge in [0.25, 0.3) is 0 Å². The van der Waals surface area contributed by atoms with Gasteiger partial charge in [0.15, 0.2) is 0 Å². The van der Waals surface area contributed by atoms with Crippen LogP contribution in [-0.2, 0) is 16.6 Å². The van der Waals surface area contributed by atoms with Crippen LogP contribution < -0.4 is 10.1 Å². The lowest BCUT2D eigenvalue weighted by atomic mass is 9.91. The molecule has 2 aliphatic heterocycles. The van der Waals surface area contributed by atoms with Crippen molar-refractivity contribution in [2.45, 2.75) is 23.7 Å². The number of sulfonamides is 1. The number of hydrogen-bond donors (Lipinski definition) is 1. The fourth-order valence-electron chi connectivity index (χ4n) is 3.82. The first-order chi connectivity index (χ1) is 13.2. The van der Waals surface area contributed by atoms with Crippen molar-refractivity contribution >= 4 is 10.0 Å². The van der Waals surface area contributed by atoms with Crippen LogP contribution in [0.5, 0.6) is 5.75 Å². The molecule has 1 aromatic carbocycles. The Kier molecular flexibility index (Phi) is 4.80. The van der Waals surface area contributed by atoms with Gasteiger partial charge < -0.3 is 10.1 Å². The second-order valence-electron chi connectivity index (χ2n) is 6.89. The second kappa shape index (κ2) is 7.02. The van der Waals surface area contributed by atoms with Crippen molar-refractivity contribution < 1.29 is 26.3 Å². The monoisotopic (exact) mass is 413 g/mol. The minimum atomic E-state index is -4.83. The molecule has 10 heteroatoms. The number of nitrogens with zero attached hydrogens (tertiary/aromatic N) is 2. The summed E-state index contributed by atoms with van der Waals surface area (Å²) < 4.78 is 68.5. The smallest absolute Gasteiger partial charge is 0.406 e. The number of hydrogen-bond acceptors (Lipinski definition) is 5. The quantitative estimate of drug-likeness (QED) is 0.837. The fraction of sp³-hybridized carbons (Fsp3) is 0.389. The molecular formula is C18H18F3N3O3S. The van der Waals surface area contributed by atoms with E-state index in [4.69, 9.17) is 0 Å². The molecule has 0 aliphatic carbocycles. The van der Waals surface area contributed by atoms with E-state index < -0.39 is 22.1 Å². The molecule has 0 radical (unpaired) electrons. The number of nitrogens with one attached hydrogen (secondary N) is 1. The van der Waals surface area contributed by atoms with E-state index in [1.807, 2.05) is 6.07 Å². The zero-order valence-corrected chi connectivity index (χ0v) is 15.5. The van der Waals surface area contributed by atoms with Gasteiger partial charge in [0.1, 0.15) is 5.75 Å². The predicted molar refractivity (Wildman–Crippen MR) is 94.1 cm³/mol. The molecule has 0 saturated carbocycles. The number of benzene rings is 1. The van der Waals surface area contributed by atoms with E-state index in [9.17, 15) is 21.6 Å². The van der Waals surface area contributed by atoms with Gasteiger partial charge in [-0.2, -0.15) is 4.31 Å². The van der Waals surface area contributed by atoms with Crippen molar-refractivity contribution in [3.05, 3.63) is 53.9 Å². The van der Waals surface area contributed by atoms with Gasteiger partial charge in [-0.1, -0.05) is 6.07 Å². The third-order valence-electron chi connectivity index (χ3n) is 5.10. The third kappa shape index (κ3) is 3.71. The van der Waals surface area contributed by atoms with Gasteiger partial charge in [0.2, 0.25) is 10.0 Å². The van der Waals surface area contributed by atoms with Gasteiger partial charge in [-0.15, -0.1) is 13.2 Å². The van der Waals surface area contributed by atoms with E-state index in [0.717, 1.165) is 42.1 Å². The average Bonchev–Trinajstić information content (AvgIpc) is 3.02. The molecule has 28 heavy (non-hydrogen) atoms. The first kappa shape index (κ1) is 19.2. The number of fused-ring (bicyclic) bond motifs is 3. The molecule has 1 aromatic heterocycles. The van der Waals surface area contributed by atoms with Crippen LogP contribution >= 0.6 is 0 Å². The SMILES string of the molecule is O=S(=O)(c1ccc(OC(F)(F)F)cc1)N1Cc2cccnc2[C@@H]2CNCC2C1. The highest BCUT2D eigenvalue weighted by molar-refractivity contribution is 7.89. The lowest BCUT2D eigenvalue weighted by Gasteiger charge is -2.23. The van der Waals surface area contributed by atoms with E-state index in [2.05, 4.69) is 15.0 Å². The van der Waals surface area contributed by atoms with Gasteiger partial charge in [-0.05, 0) is 48.4 Å². The van der Waals surface area contributed by atoms with Crippen molar-refractivity contribution in [3.63, 3.8) is 0 Å². The molecule has 3 heterocycles. The summed E-state index contributed by atoms with van der Waals surface area (Å²) in [4.78, 5) is 4.40. The van der Waals surface area contributed by atoms with Gasteiger partial charge >= 0.3 is 6.36 Å². The summed E-state index contributed by atoms with van der Waals surface area (Å²) in [5, 5.41) is 3.29. The summed E-state index contributed by atoms with van der Waals surface area (Å²) in [7, 11) is -3.89. The average molecular weight is 413 g/mol. The van der Waals surface area contributed by atoms with Gasteiger partial charge in [0, 0.05) is 37.4 Å². The van der Waals surface area contributed by atoms with Crippen LogP contribution in [0.4, 0.5) is 13.2 Å². The maximum Gasteiger partial charge on any atom is 0.573 e. The first-order valence-electron chi connectivity index (χ1n) is 8.74. The molecule has 1 unspecified atom stereocenters. The van der Waals surface area contributed by atoms with Crippen molar-refractivity contribution in [3.8, 4) is 5.75 Å². The molecule has 6 nitrogen and oxygen atoms in total. The summed E-state index contributed by atoms with van der Waals surface area (Å²) in [6.45, 7) is 1.92. The minimum absolute atomic E-state index is 0.0723. The Bertz CT molecular complexity index is 964. The Morgan fingerprint density at radius 1 is 1.14 bits per heavy atom. The molecule has 1 fully saturated rings. The Hall–Kier alpha value is -2.17. The van der Waals surface area contributed by atoms with E-state index in [1.165, 1.54) is 4.31 Å². The topological polar surface area (TPSA) is 71.5 Å². The van der Waals surface area contributed by atoms with Crippen LogP contribution in [0, 0.1) is 5.92 Å². The van der Waals surface area contributed by atoms with Crippen LogP contribution in [0.25, 0.3) is 0 Å². The summed E-state index contributed by atoms with van der Waals surface area (Å²) in [6.07, 6.45) is -3.12.